The van der Waals surface area contributed by atoms with Gasteiger partial charge in [-0.1, -0.05) is 11.6 Å². The van der Waals surface area contributed by atoms with E-state index in [1.54, 1.807) is 0 Å². The van der Waals surface area contributed by atoms with Crippen LogP contribution >= 0.6 is 11.6 Å². The summed E-state index contributed by atoms with van der Waals surface area (Å²) >= 11 is 5.99. The van der Waals surface area contributed by atoms with E-state index in [2.05, 4.69) is 10.6 Å². The highest BCUT2D eigenvalue weighted by Gasteiger charge is 2.35. The molecule has 0 unspecified atom stereocenters. The van der Waals surface area contributed by atoms with Crippen LogP contribution in [-0.4, -0.2) is 17.9 Å². The van der Waals surface area contributed by atoms with Gasteiger partial charge in [-0.15, -0.1) is 0 Å². The van der Waals surface area contributed by atoms with Crippen LogP contribution in [0.3, 0.4) is 0 Å². The van der Waals surface area contributed by atoms with E-state index in [-0.39, 0.29) is 28.4 Å². The van der Waals surface area contributed by atoms with Crippen molar-refractivity contribution in [2.24, 2.45) is 0 Å². The summed E-state index contributed by atoms with van der Waals surface area (Å²) in [4.78, 5) is 24.4. The average molecular weight is 401 g/mol. The highest BCUT2D eigenvalue weighted by molar-refractivity contribution is 6.34. The van der Waals surface area contributed by atoms with E-state index in [0.717, 1.165) is 25.0 Å². The number of anilines is 1. The molecule has 2 N–H and O–H groups in total. The van der Waals surface area contributed by atoms with Crippen molar-refractivity contribution < 1.29 is 27.2 Å². The Hall–Kier alpha value is -2.61. The van der Waals surface area contributed by atoms with Gasteiger partial charge in [-0.3, -0.25) is 9.59 Å². The second kappa shape index (κ2) is 7.19. The molecule has 9 heteroatoms. The van der Waals surface area contributed by atoms with E-state index in [9.17, 15) is 27.2 Å². The number of alkyl halides is 3. The van der Waals surface area contributed by atoms with Gasteiger partial charge < -0.3 is 10.6 Å². The molecule has 3 rings (SSSR count). The summed E-state index contributed by atoms with van der Waals surface area (Å²) in [5.74, 6) is -2.63. The summed E-state index contributed by atoms with van der Waals surface area (Å²) < 4.78 is 52.4. The van der Waals surface area contributed by atoms with Crippen LogP contribution < -0.4 is 10.6 Å². The van der Waals surface area contributed by atoms with Crippen LogP contribution in [0.25, 0.3) is 0 Å². The molecule has 0 spiro atoms. The van der Waals surface area contributed by atoms with Gasteiger partial charge in [0.05, 0.1) is 21.7 Å². The maximum Gasteiger partial charge on any atom is 0.417 e. The fourth-order valence-corrected chi connectivity index (χ4v) is 2.62. The minimum absolute atomic E-state index is 0.0837. The quantitative estimate of drug-likeness (QED) is 0.734. The van der Waals surface area contributed by atoms with Gasteiger partial charge in [0.1, 0.15) is 5.82 Å². The van der Waals surface area contributed by atoms with Crippen molar-refractivity contribution in [2.75, 3.05) is 5.32 Å². The van der Waals surface area contributed by atoms with E-state index >= 15 is 0 Å². The molecule has 1 saturated carbocycles. The Balaban J connectivity index is 1.85. The lowest BCUT2D eigenvalue weighted by molar-refractivity contribution is -0.138. The number of carbonyl (C=O) groups is 2. The second-order valence-corrected chi connectivity index (χ2v) is 6.49. The van der Waals surface area contributed by atoms with E-state index in [0.29, 0.717) is 0 Å². The lowest BCUT2D eigenvalue weighted by atomic mass is 10.1. The van der Waals surface area contributed by atoms with Crippen molar-refractivity contribution in [1.29, 1.82) is 0 Å². The van der Waals surface area contributed by atoms with Gasteiger partial charge in [-0.25, -0.2) is 4.39 Å². The van der Waals surface area contributed by atoms with Gasteiger partial charge in [0.25, 0.3) is 11.8 Å². The van der Waals surface area contributed by atoms with Crippen molar-refractivity contribution in [3.8, 4) is 0 Å². The molecule has 0 aromatic heterocycles. The third-order valence-corrected chi connectivity index (χ3v) is 4.24. The SMILES string of the molecule is O=C(NC1CC1)c1cc(NC(=O)c2ccc(F)cc2C(F)(F)F)ccc1Cl. The summed E-state index contributed by atoms with van der Waals surface area (Å²) in [5.41, 5.74) is -1.94. The summed E-state index contributed by atoms with van der Waals surface area (Å²) in [7, 11) is 0. The Kier molecular flexibility index (Phi) is 5.10. The number of benzene rings is 2. The normalized spacial score (nSPS) is 14.0. The number of hydrogen-bond donors (Lipinski definition) is 2. The van der Waals surface area contributed by atoms with E-state index < -0.39 is 34.9 Å². The van der Waals surface area contributed by atoms with Crippen LogP contribution in [0.4, 0.5) is 23.2 Å². The molecular formula is C18H13ClF4N2O2. The monoisotopic (exact) mass is 400 g/mol. The van der Waals surface area contributed by atoms with E-state index in [4.69, 9.17) is 11.6 Å². The zero-order valence-corrected chi connectivity index (χ0v) is 14.4. The first-order valence-corrected chi connectivity index (χ1v) is 8.31. The van der Waals surface area contributed by atoms with Gasteiger partial charge in [-0.2, -0.15) is 13.2 Å². The molecule has 2 aromatic carbocycles. The summed E-state index contributed by atoms with van der Waals surface area (Å²) in [6.45, 7) is 0. The maximum atomic E-state index is 13.2. The minimum atomic E-state index is -4.90. The van der Waals surface area contributed by atoms with Gasteiger partial charge in [0.2, 0.25) is 0 Å². The number of hydrogen-bond acceptors (Lipinski definition) is 2. The van der Waals surface area contributed by atoms with E-state index in [1.807, 2.05) is 0 Å². The molecule has 0 aliphatic heterocycles. The highest BCUT2D eigenvalue weighted by atomic mass is 35.5. The first-order chi connectivity index (χ1) is 12.6. The average Bonchev–Trinajstić information content (AvgIpc) is 3.39. The van der Waals surface area contributed by atoms with Crippen molar-refractivity contribution in [3.63, 3.8) is 0 Å². The molecule has 0 heterocycles. The molecule has 2 aromatic rings. The number of amides is 2. The van der Waals surface area contributed by atoms with Crippen LogP contribution in [0.2, 0.25) is 5.02 Å². The first kappa shape index (κ1) is 19.2. The molecule has 1 aliphatic carbocycles. The second-order valence-electron chi connectivity index (χ2n) is 6.08. The molecule has 1 fully saturated rings. The lowest BCUT2D eigenvalue weighted by Crippen LogP contribution is -2.26. The summed E-state index contributed by atoms with van der Waals surface area (Å²) in [5, 5.41) is 5.16. The zero-order chi connectivity index (χ0) is 19.8. The lowest BCUT2D eigenvalue weighted by Gasteiger charge is -2.14. The maximum absolute atomic E-state index is 13.2. The Labute approximate surface area is 156 Å². The number of nitrogens with one attached hydrogen (secondary N) is 2. The molecular weight excluding hydrogens is 388 g/mol. The topological polar surface area (TPSA) is 58.2 Å². The predicted octanol–water partition coefficient (Wildman–Crippen LogP) is 4.64. The molecule has 142 valence electrons. The molecule has 0 radical (unpaired) electrons. The predicted molar refractivity (Wildman–Crippen MR) is 91.3 cm³/mol. The third kappa shape index (κ3) is 4.57. The fourth-order valence-electron chi connectivity index (χ4n) is 2.42. The van der Waals surface area contributed by atoms with E-state index in [1.165, 1.54) is 18.2 Å². The highest BCUT2D eigenvalue weighted by Crippen LogP contribution is 2.33. The number of halogens is 5. The van der Waals surface area contributed by atoms with Crippen LogP contribution in [0.15, 0.2) is 36.4 Å². The van der Waals surface area contributed by atoms with Crippen molar-refractivity contribution in [3.05, 3.63) is 63.9 Å². The zero-order valence-electron chi connectivity index (χ0n) is 13.7. The molecule has 0 atom stereocenters. The van der Waals surface area contributed by atoms with Gasteiger partial charge in [0, 0.05) is 11.7 Å². The first-order valence-electron chi connectivity index (χ1n) is 7.93. The van der Waals surface area contributed by atoms with Gasteiger partial charge in [0.15, 0.2) is 0 Å². The largest absolute Gasteiger partial charge is 0.417 e. The smallest absolute Gasteiger partial charge is 0.349 e. The van der Waals surface area contributed by atoms with Crippen molar-refractivity contribution in [1.82, 2.24) is 5.32 Å². The van der Waals surface area contributed by atoms with Gasteiger partial charge >= 0.3 is 6.18 Å². The molecule has 0 saturated heterocycles. The number of rotatable bonds is 4. The molecule has 0 bridgehead atoms. The molecule has 2 amide bonds. The van der Waals surface area contributed by atoms with Crippen LogP contribution in [0, 0.1) is 5.82 Å². The molecule has 27 heavy (non-hydrogen) atoms. The van der Waals surface area contributed by atoms with Crippen LogP contribution in [0.1, 0.15) is 39.1 Å². The summed E-state index contributed by atoms with van der Waals surface area (Å²) in [6.07, 6.45) is -3.17. The molecule has 4 nitrogen and oxygen atoms in total. The number of carbonyl (C=O) groups excluding carboxylic acids is 2. The molecule has 1 aliphatic rings. The van der Waals surface area contributed by atoms with Crippen molar-refractivity contribution in [2.45, 2.75) is 25.1 Å². The van der Waals surface area contributed by atoms with Crippen LogP contribution in [-0.2, 0) is 6.18 Å². The Bertz CT molecular complexity index is 911. The van der Waals surface area contributed by atoms with Crippen LogP contribution in [0.5, 0.6) is 0 Å². The van der Waals surface area contributed by atoms with Gasteiger partial charge in [-0.05, 0) is 49.2 Å². The standard InChI is InChI=1S/C18H13ClF4N2O2/c19-15-6-4-11(8-13(15)17(27)24-10-2-3-10)25-16(26)12-5-1-9(20)7-14(12)18(21,22)23/h1,4-8,10H,2-3H2,(H,24,27)(H,25,26). The Morgan fingerprint density at radius 2 is 1.70 bits per heavy atom. The Morgan fingerprint density at radius 3 is 2.33 bits per heavy atom. The Morgan fingerprint density at radius 1 is 1.00 bits per heavy atom. The third-order valence-electron chi connectivity index (χ3n) is 3.91. The fraction of sp³-hybridized carbons (Fsp3) is 0.222. The van der Waals surface area contributed by atoms with Crippen molar-refractivity contribution >= 4 is 29.1 Å². The minimum Gasteiger partial charge on any atom is -0.349 e. The summed E-state index contributed by atoms with van der Waals surface area (Å²) in [6, 6.07) is 5.84.